The van der Waals surface area contributed by atoms with Gasteiger partial charge in [-0.2, -0.15) is 9.61 Å². The van der Waals surface area contributed by atoms with Gasteiger partial charge in [0.25, 0.3) is 0 Å². The van der Waals surface area contributed by atoms with Crippen LogP contribution in [0.1, 0.15) is 19.8 Å². The number of piperidine rings is 1. The minimum Gasteiger partial charge on any atom is -0.342 e. The number of likely N-dealkylation sites (tertiary alicyclic amines) is 1. The summed E-state index contributed by atoms with van der Waals surface area (Å²) in [5.41, 5.74) is 1.66. The molecular weight excluding hydrogens is 346 g/mol. The van der Waals surface area contributed by atoms with E-state index in [4.69, 9.17) is 0 Å². The van der Waals surface area contributed by atoms with Crippen molar-refractivity contribution in [1.82, 2.24) is 24.7 Å². The zero-order valence-corrected chi connectivity index (χ0v) is 15.5. The SMILES string of the molecule is CC1CCN(C(=O)CSc2ccc3nnc(-c4ccccc4)n3n2)CC1. The minimum absolute atomic E-state index is 0.191. The van der Waals surface area contributed by atoms with Gasteiger partial charge in [-0.15, -0.1) is 10.2 Å². The summed E-state index contributed by atoms with van der Waals surface area (Å²) in [5.74, 6) is 2.03. The van der Waals surface area contributed by atoms with Crippen LogP contribution in [-0.4, -0.2) is 49.5 Å². The molecule has 0 spiro atoms. The van der Waals surface area contributed by atoms with E-state index in [2.05, 4.69) is 22.2 Å². The Hall–Kier alpha value is -2.41. The standard InChI is InChI=1S/C19H21N5OS/c1-14-9-11-23(12-10-14)18(25)13-26-17-8-7-16-20-21-19(24(16)22-17)15-5-3-2-4-6-15/h2-8,14H,9-13H2,1H3. The largest absolute Gasteiger partial charge is 0.342 e. The first-order valence-electron chi connectivity index (χ1n) is 8.89. The topological polar surface area (TPSA) is 63.4 Å². The van der Waals surface area contributed by atoms with Crippen LogP contribution in [0, 0.1) is 5.92 Å². The average molecular weight is 367 g/mol. The van der Waals surface area contributed by atoms with Crippen molar-refractivity contribution in [3.63, 3.8) is 0 Å². The van der Waals surface area contributed by atoms with Gasteiger partial charge in [-0.1, -0.05) is 49.0 Å². The third-order valence-corrected chi connectivity index (χ3v) is 5.65. The van der Waals surface area contributed by atoms with Gasteiger partial charge in [-0.25, -0.2) is 0 Å². The fraction of sp³-hybridized carbons (Fsp3) is 0.368. The lowest BCUT2D eigenvalue weighted by Crippen LogP contribution is -2.38. The Morgan fingerprint density at radius 2 is 1.88 bits per heavy atom. The third-order valence-electron chi connectivity index (χ3n) is 4.75. The number of benzene rings is 1. The molecule has 1 saturated heterocycles. The van der Waals surface area contributed by atoms with Crippen LogP contribution in [0.15, 0.2) is 47.5 Å². The first-order valence-corrected chi connectivity index (χ1v) is 9.88. The van der Waals surface area contributed by atoms with E-state index in [-0.39, 0.29) is 5.91 Å². The molecule has 3 aromatic rings. The van der Waals surface area contributed by atoms with Crippen LogP contribution >= 0.6 is 11.8 Å². The van der Waals surface area contributed by atoms with E-state index in [1.807, 2.05) is 47.4 Å². The van der Waals surface area contributed by atoms with Crippen LogP contribution in [0.25, 0.3) is 17.0 Å². The molecule has 0 saturated carbocycles. The van der Waals surface area contributed by atoms with E-state index in [0.29, 0.717) is 17.2 Å². The summed E-state index contributed by atoms with van der Waals surface area (Å²) in [5, 5.41) is 13.9. The van der Waals surface area contributed by atoms with E-state index in [9.17, 15) is 4.79 Å². The van der Waals surface area contributed by atoms with Crippen molar-refractivity contribution in [3.05, 3.63) is 42.5 Å². The van der Waals surface area contributed by atoms with Crippen LogP contribution in [0.5, 0.6) is 0 Å². The van der Waals surface area contributed by atoms with Gasteiger partial charge in [-0.3, -0.25) is 4.79 Å². The van der Waals surface area contributed by atoms with E-state index < -0.39 is 0 Å². The highest BCUT2D eigenvalue weighted by Gasteiger charge is 2.20. The van der Waals surface area contributed by atoms with E-state index in [0.717, 1.165) is 42.4 Å². The molecule has 3 heterocycles. The maximum Gasteiger partial charge on any atom is 0.232 e. The van der Waals surface area contributed by atoms with Gasteiger partial charge < -0.3 is 4.90 Å². The lowest BCUT2D eigenvalue weighted by Gasteiger charge is -2.30. The molecule has 4 rings (SSSR count). The molecule has 1 aromatic carbocycles. The second kappa shape index (κ2) is 7.45. The number of carbonyl (C=O) groups excluding carboxylic acids is 1. The van der Waals surface area contributed by atoms with Crippen LogP contribution in [0.3, 0.4) is 0 Å². The Morgan fingerprint density at radius 3 is 2.65 bits per heavy atom. The van der Waals surface area contributed by atoms with Crippen molar-refractivity contribution < 1.29 is 4.79 Å². The molecule has 134 valence electrons. The number of rotatable bonds is 4. The summed E-state index contributed by atoms with van der Waals surface area (Å²) in [4.78, 5) is 14.4. The number of amides is 1. The summed E-state index contributed by atoms with van der Waals surface area (Å²) in [7, 11) is 0. The summed E-state index contributed by atoms with van der Waals surface area (Å²) in [6.45, 7) is 3.99. The quantitative estimate of drug-likeness (QED) is 0.663. The number of hydrogen-bond acceptors (Lipinski definition) is 5. The van der Waals surface area contributed by atoms with Crippen molar-refractivity contribution in [2.24, 2.45) is 5.92 Å². The maximum atomic E-state index is 12.4. The predicted octanol–water partition coefficient (Wildman–Crippen LogP) is 3.14. The van der Waals surface area contributed by atoms with Crippen LogP contribution < -0.4 is 0 Å². The van der Waals surface area contributed by atoms with Gasteiger partial charge in [0, 0.05) is 18.7 Å². The molecule has 1 fully saturated rings. The van der Waals surface area contributed by atoms with Crippen molar-refractivity contribution in [1.29, 1.82) is 0 Å². The first-order chi connectivity index (χ1) is 12.7. The molecule has 0 N–H and O–H groups in total. The predicted molar refractivity (Wildman–Crippen MR) is 102 cm³/mol. The third kappa shape index (κ3) is 3.58. The molecule has 0 radical (unpaired) electrons. The van der Waals surface area contributed by atoms with Gasteiger partial charge in [0.15, 0.2) is 11.5 Å². The van der Waals surface area contributed by atoms with Crippen molar-refractivity contribution in [2.75, 3.05) is 18.8 Å². The van der Waals surface area contributed by atoms with E-state index in [1.54, 1.807) is 4.52 Å². The Morgan fingerprint density at radius 1 is 1.12 bits per heavy atom. The molecule has 26 heavy (non-hydrogen) atoms. The number of nitrogens with zero attached hydrogens (tertiary/aromatic N) is 5. The Bertz CT molecular complexity index is 903. The minimum atomic E-state index is 0.191. The highest BCUT2D eigenvalue weighted by molar-refractivity contribution is 7.99. The molecule has 6 nitrogen and oxygen atoms in total. The summed E-state index contributed by atoms with van der Waals surface area (Å²) >= 11 is 1.47. The number of aromatic nitrogens is 4. The lowest BCUT2D eigenvalue weighted by molar-refractivity contribution is -0.129. The maximum absolute atomic E-state index is 12.4. The molecule has 1 amide bonds. The molecule has 1 aliphatic rings. The monoisotopic (exact) mass is 367 g/mol. The summed E-state index contributed by atoms with van der Waals surface area (Å²) < 4.78 is 1.74. The fourth-order valence-corrected chi connectivity index (χ4v) is 3.86. The molecule has 0 atom stereocenters. The van der Waals surface area contributed by atoms with Crippen LogP contribution in [-0.2, 0) is 4.79 Å². The zero-order chi connectivity index (χ0) is 17.9. The Balaban J connectivity index is 1.48. The van der Waals surface area contributed by atoms with Gasteiger partial charge in [-0.05, 0) is 30.9 Å². The molecule has 1 aliphatic heterocycles. The van der Waals surface area contributed by atoms with E-state index >= 15 is 0 Å². The van der Waals surface area contributed by atoms with Crippen molar-refractivity contribution in [3.8, 4) is 11.4 Å². The van der Waals surface area contributed by atoms with Crippen molar-refractivity contribution >= 4 is 23.3 Å². The first kappa shape index (κ1) is 17.0. The molecule has 2 aromatic heterocycles. The number of fused-ring (bicyclic) bond motifs is 1. The van der Waals surface area contributed by atoms with Crippen LogP contribution in [0.4, 0.5) is 0 Å². The molecule has 0 aliphatic carbocycles. The van der Waals surface area contributed by atoms with Gasteiger partial charge in [0.05, 0.1) is 5.75 Å². The summed E-state index contributed by atoms with van der Waals surface area (Å²) in [6, 6.07) is 13.7. The van der Waals surface area contributed by atoms with Gasteiger partial charge in [0.1, 0.15) is 5.03 Å². The van der Waals surface area contributed by atoms with Crippen molar-refractivity contribution in [2.45, 2.75) is 24.8 Å². The molecule has 0 unspecified atom stereocenters. The normalized spacial score (nSPS) is 15.5. The van der Waals surface area contributed by atoms with Gasteiger partial charge >= 0.3 is 0 Å². The number of hydrogen-bond donors (Lipinski definition) is 0. The second-order valence-corrected chi connectivity index (χ2v) is 7.68. The second-order valence-electron chi connectivity index (χ2n) is 6.68. The molecular formula is C19H21N5OS. The highest BCUT2D eigenvalue weighted by atomic mass is 32.2. The highest BCUT2D eigenvalue weighted by Crippen LogP contribution is 2.22. The molecule has 7 heteroatoms. The molecule has 0 bridgehead atoms. The summed E-state index contributed by atoms with van der Waals surface area (Å²) in [6.07, 6.45) is 2.20. The Kier molecular flexibility index (Phi) is 4.88. The lowest BCUT2D eigenvalue weighted by atomic mass is 9.99. The number of thioether (sulfide) groups is 1. The van der Waals surface area contributed by atoms with Gasteiger partial charge in [0.2, 0.25) is 5.91 Å². The van der Waals surface area contributed by atoms with Crippen LogP contribution in [0.2, 0.25) is 0 Å². The Labute approximate surface area is 156 Å². The zero-order valence-electron chi connectivity index (χ0n) is 14.7. The average Bonchev–Trinajstić information content (AvgIpc) is 3.10. The van der Waals surface area contributed by atoms with E-state index in [1.165, 1.54) is 11.8 Å². The number of carbonyl (C=O) groups is 1. The fourth-order valence-electron chi connectivity index (χ4n) is 3.10. The smallest absolute Gasteiger partial charge is 0.232 e.